The summed E-state index contributed by atoms with van der Waals surface area (Å²) >= 11 is 9.55. The van der Waals surface area contributed by atoms with E-state index in [4.69, 9.17) is 26.6 Å². The molecule has 0 unspecified atom stereocenters. The number of nitrogens with zero attached hydrogens (tertiary/aromatic N) is 1. The molecule has 192 valence electrons. The van der Waals surface area contributed by atoms with Gasteiger partial charge >= 0.3 is 5.97 Å². The molecular formula is C26H29ClN2O5S2. The number of carboxylic acids is 1. The van der Waals surface area contributed by atoms with Gasteiger partial charge in [-0.1, -0.05) is 66.0 Å². The highest BCUT2D eigenvalue weighted by molar-refractivity contribution is 7.96. The number of anilines is 1. The average Bonchev–Trinajstić information content (AvgIpc) is 3.24. The maximum Gasteiger partial charge on any atom is 0.341 e. The topological polar surface area (TPSA) is 99.1 Å². The Hall–Kier alpha value is -2.56. The summed E-state index contributed by atoms with van der Waals surface area (Å²) in [6.45, 7) is 1.50. The van der Waals surface area contributed by atoms with Gasteiger partial charge in [-0.2, -0.15) is 0 Å². The molecule has 0 atom stereocenters. The Morgan fingerprint density at radius 1 is 1.19 bits per heavy atom. The molecule has 0 saturated carbocycles. The Labute approximate surface area is 224 Å². The van der Waals surface area contributed by atoms with E-state index in [1.807, 2.05) is 42.3 Å². The second kappa shape index (κ2) is 14.2. The largest absolute Gasteiger partial charge is 0.479 e. The van der Waals surface area contributed by atoms with Gasteiger partial charge in [0, 0.05) is 37.7 Å². The first kappa shape index (κ1) is 28.0. The molecule has 1 aliphatic heterocycles. The van der Waals surface area contributed by atoms with E-state index in [1.54, 1.807) is 0 Å². The number of ether oxygens (including phenoxy) is 1. The Morgan fingerprint density at radius 2 is 1.92 bits per heavy atom. The van der Waals surface area contributed by atoms with E-state index in [0.29, 0.717) is 17.2 Å². The molecule has 0 amide bonds. The third-order valence-electron chi connectivity index (χ3n) is 5.49. The average molecular weight is 549 g/mol. The molecule has 3 N–H and O–H groups in total. The van der Waals surface area contributed by atoms with E-state index in [1.165, 1.54) is 16.9 Å². The summed E-state index contributed by atoms with van der Waals surface area (Å²) in [7, 11) is 1.00. The van der Waals surface area contributed by atoms with Crippen molar-refractivity contribution in [1.82, 2.24) is 4.31 Å². The van der Waals surface area contributed by atoms with Crippen molar-refractivity contribution in [2.45, 2.75) is 24.6 Å². The molecule has 7 nitrogen and oxygen atoms in total. The van der Waals surface area contributed by atoms with Crippen molar-refractivity contribution < 1.29 is 24.5 Å². The number of piperidine rings is 1. The van der Waals surface area contributed by atoms with Gasteiger partial charge in [-0.3, -0.25) is 9.10 Å². The monoisotopic (exact) mass is 548 g/mol. The highest BCUT2D eigenvalue weighted by Gasteiger charge is 2.22. The number of halogens is 1. The normalized spacial score (nSPS) is 14.0. The van der Waals surface area contributed by atoms with Gasteiger partial charge in [-0.05, 0) is 36.1 Å². The molecule has 0 spiro atoms. The van der Waals surface area contributed by atoms with E-state index in [9.17, 15) is 9.59 Å². The first-order valence-corrected chi connectivity index (χ1v) is 13.5. The van der Waals surface area contributed by atoms with E-state index in [-0.39, 0.29) is 15.6 Å². The Kier molecular flexibility index (Phi) is 11.1. The van der Waals surface area contributed by atoms with Gasteiger partial charge in [0.2, 0.25) is 0 Å². The number of aliphatic hydroxyl groups excluding tert-OH is 1. The lowest BCUT2D eigenvalue weighted by atomic mass is 10.1. The second-order valence-electron chi connectivity index (χ2n) is 7.93. The third kappa shape index (κ3) is 7.72. The van der Waals surface area contributed by atoms with Gasteiger partial charge in [-0.15, -0.1) is 11.3 Å². The van der Waals surface area contributed by atoms with Crippen molar-refractivity contribution in [3.63, 3.8) is 0 Å². The lowest BCUT2D eigenvalue weighted by molar-refractivity contribution is -0.139. The van der Waals surface area contributed by atoms with Crippen LogP contribution in [0.5, 0.6) is 5.75 Å². The van der Waals surface area contributed by atoms with Crippen molar-refractivity contribution in [3.05, 3.63) is 70.1 Å². The number of aldehydes is 1. The lowest BCUT2D eigenvalue weighted by Gasteiger charge is -2.32. The molecule has 1 aliphatic rings. The number of thiophene rings is 1. The summed E-state index contributed by atoms with van der Waals surface area (Å²) in [6, 6.07) is 18.8. The number of rotatable bonds is 10. The van der Waals surface area contributed by atoms with Gasteiger partial charge < -0.3 is 20.3 Å². The molecule has 0 bridgehead atoms. The fraction of sp³-hybridized carbons (Fsp3) is 0.308. The fourth-order valence-corrected chi connectivity index (χ4v) is 6.18. The number of carboxylic acid groups (broad SMARTS) is 1. The van der Waals surface area contributed by atoms with Crippen LogP contribution in [0.1, 0.15) is 28.1 Å². The van der Waals surface area contributed by atoms with E-state index >= 15 is 0 Å². The molecule has 2 aromatic carbocycles. The van der Waals surface area contributed by atoms with Crippen LogP contribution >= 0.6 is 34.9 Å². The van der Waals surface area contributed by atoms with Crippen LogP contribution in [-0.2, 0) is 10.5 Å². The van der Waals surface area contributed by atoms with Crippen LogP contribution in [-0.4, -0.2) is 59.6 Å². The zero-order valence-electron chi connectivity index (χ0n) is 19.9. The summed E-state index contributed by atoms with van der Waals surface area (Å²) < 4.78 is 7.69. The van der Waals surface area contributed by atoms with Crippen LogP contribution in [0.15, 0.2) is 54.6 Å². The van der Waals surface area contributed by atoms with Crippen LogP contribution in [0, 0.1) is 0 Å². The predicted octanol–water partition coefficient (Wildman–Crippen LogP) is 5.68. The standard InChI is InChI=1S/C25H25ClN2O4S2.CH4O/c26-23-24(32-15-22(30)31)21(14-29)34-25(23)18-7-4-8-20(13-18)27-19-9-11-28(12-10-19)33-16-17-5-2-1-3-6-17;1-2/h1-8,13-14,19,27H,9-12,15-16H2,(H,30,31);2H,1H3. The Bertz CT molecular complexity index is 1130. The first-order chi connectivity index (χ1) is 17.5. The number of hydrogen-bond donors (Lipinski definition) is 3. The highest BCUT2D eigenvalue weighted by Crippen LogP contribution is 2.45. The van der Waals surface area contributed by atoms with E-state index in [0.717, 1.165) is 50.0 Å². The SMILES string of the molecule is CO.O=Cc1sc(-c2cccc(NC3CCN(SCc4ccccc4)CC3)c2)c(Cl)c1OCC(=O)O. The molecule has 10 heteroatoms. The summed E-state index contributed by atoms with van der Waals surface area (Å²) in [6.07, 6.45) is 2.74. The summed E-state index contributed by atoms with van der Waals surface area (Å²) in [4.78, 5) is 23.3. The quantitative estimate of drug-likeness (QED) is 0.220. The minimum atomic E-state index is -1.13. The molecule has 36 heavy (non-hydrogen) atoms. The maximum atomic E-state index is 11.5. The molecule has 2 heterocycles. The third-order valence-corrected chi connectivity index (χ3v) is 8.30. The van der Waals surface area contributed by atoms with Gasteiger partial charge in [0.15, 0.2) is 18.6 Å². The molecule has 4 rings (SSSR count). The second-order valence-corrected chi connectivity index (χ2v) is 10.4. The van der Waals surface area contributed by atoms with Gasteiger partial charge in [0.1, 0.15) is 9.90 Å². The number of nitrogens with one attached hydrogen (secondary N) is 1. The summed E-state index contributed by atoms with van der Waals surface area (Å²) in [5.41, 5.74) is 3.17. The fourth-order valence-electron chi connectivity index (χ4n) is 3.80. The number of aliphatic carboxylic acids is 1. The number of aliphatic hydroxyl groups is 1. The summed E-state index contributed by atoms with van der Waals surface area (Å²) in [5.74, 6) is -0.0158. The molecule has 1 aromatic heterocycles. The van der Waals surface area contributed by atoms with Crippen LogP contribution in [0.2, 0.25) is 5.02 Å². The van der Waals surface area contributed by atoms with Gasteiger partial charge in [0.25, 0.3) is 0 Å². The molecule has 3 aromatic rings. The van der Waals surface area contributed by atoms with Crippen LogP contribution in [0.3, 0.4) is 0 Å². The maximum absolute atomic E-state index is 11.5. The Balaban J connectivity index is 0.00000176. The van der Waals surface area contributed by atoms with Gasteiger partial charge in [-0.25, -0.2) is 4.79 Å². The molecular weight excluding hydrogens is 520 g/mol. The predicted molar refractivity (Wildman–Crippen MR) is 147 cm³/mol. The first-order valence-electron chi connectivity index (χ1n) is 11.4. The van der Waals surface area contributed by atoms with Crippen molar-refractivity contribution >= 4 is 52.8 Å². The van der Waals surface area contributed by atoms with E-state index < -0.39 is 12.6 Å². The van der Waals surface area contributed by atoms with Crippen molar-refractivity contribution in [2.24, 2.45) is 0 Å². The zero-order valence-corrected chi connectivity index (χ0v) is 22.2. The minimum absolute atomic E-state index is 0.123. The Morgan fingerprint density at radius 3 is 2.58 bits per heavy atom. The summed E-state index contributed by atoms with van der Waals surface area (Å²) in [5, 5.41) is 19.8. The molecule has 1 saturated heterocycles. The number of carbonyl (C=O) groups is 2. The molecule has 1 fully saturated rings. The smallest absolute Gasteiger partial charge is 0.341 e. The highest BCUT2D eigenvalue weighted by atomic mass is 35.5. The van der Waals surface area contributed by atoms with E-state index in [2.05, 4.69) is 33.9 Å². The van der Waals surface area contributed by atoms with Crippen LogP contribution in [0.25, 0.3) is 10.4 Å². The van der Waals surface area contributed by atoms with Crippen molar-refractivity contribution in [3.8, 4) is 16.2 Å². The number of carbonyl (C=O) groups excluding carboxylic acids is 1. The number of hydrogen-bond acceptors (Lipinski definition) is 8. The number of benzene rings is 2. The molecule has 0 radical (unpaired) electrons. The zero-order chi connectivity index (χ0) is 25.9. The van der Waals surface area contributed by atoms with Crippen molar-refractivity contribution in [1.29, 1.82) is 0 Å². The van der Waals surface area contributed by atoms with Crippen LogP contribution in [0.4, 0.5) is 5.69 Å². The van der Waals surface area contributed by atoms with Crippen LogP contribution < -0.4 is 10.1 Å². The lowest BCUT2D eigenvalue weighted by Crippen LogP contribution is -2.35. The van der Waals surface area contributed by atoms with Gasteiger partial charge in [0.05, 0.1) is 4.88 Å². The molecule has 0 aliphatic carbocycles. The minimum Gasteiger partial charge on any atom is -0.479 e. The van der Waals surface area contributed by atoms with Crippen molar-refractivity contribution in [2.75, 3.05) is 32.1 Å².